The average molecular weight is 208 g/mol. The summed E-state index contributed by atoms with van der Waals surface area (Å²) in [5.74, 6) is 0.480. The SMILES string of the molecule is CCNC(=O)C(C)Oc1cccc(N)c1. The Bertz CT molecular complexity index is 339. The van der Waals surface area contributed by atoms with Gasteiger partial charge in [-0.05, 0) is 26.0 Å². The van der Waals surface area contributed by atoms with Gasteiger partial charge < -0.3 is 15.8 Å². The maximum absolute atomic E-state index is 11.4. The fourth-order valence-electron chi connectivity index (χ4n) is 1.16. The first-order chi connectivity index (χ1) is 7.13. The monoisotopic (exact) mass is 208 g/mol. The molecule has 0 aromatic heterocycles. The lowest BCUT2D eigenvalue weighted by Crippen LogP contribution is -2.36. The molecule has 0 aliphatic heterocycles. The number of rotatable bonds is 4. The zero-order valence-electron chi connectivity index (χ0n) is 8.99. The summed E-state index contributed by atoms with van der Waals surface area (Å²) in [5.41, 5.74) is 6.21. The minimum absolute atomic E-state index is 0.125. The van der Waals surface area contributed by atoms with Gasteiger partial charge in [0, 0.05) is 18.3 Å². The zero-order valence-corrected chi connectivity index (χ0v) is 8.99. The highest BCUT2D eigenvalue weighted by Crippen LogP contribution is 2.15. The summed E-state index contributed by atoms with van der Waals surface area (Å²) in [6.07, 6.45) is -0.508. The molecular formula is C11H16N2O2. The predicted molar refractivity (Wildman–Crippen MR) is 59.6 cm³/mol. The molecule has 3 N–H and O–H groups in total. The van der Waals surface area contributed by atoms with Gasteiger partial charge in [-0.1, -0.05) is 6.07 Å². The molecule has 1 unspecified atom stereocenters. The maximum Gasteiger partial charge on any atom is 0.260 e. The van der Waals surface area contributed by atoms with Gasteiger partial charge >= 0.3 is 0 Å². The van der Waals surface area contributed by atoms with Crippen molar-refractivity contribution in [1.29, 1.82) is 0 Å². The van der Waals surface area contributed by atoms with Crippen molar-refractivity contribution in [3.8, 4) is 5.75 Å². The van der Waals surface area contributed by atoms with Crippen LogP contribution in [0, 0.1) is 0 Å². The minimum Gasteiger partial charge on any atom is -0.481 e. The summed E-state index contributed by atoms with van der Waals surface area (Å²) < 4.78 is 5.42. The van der Waals surface area contributed by atoms with Gasteiger partial charge in [0.1, 0.15) is 5.75 Å². The van der Waals surface area contributed by atoms with Crippen molar-refractivity contribution >= 4 is 11.6 Å². The molecule has 82 valence electrons. The number of ether oxygens (including phenoxy) is 1. The smallest absolute Gasteiger partial charge is 0.260 e. The summed E-state index contributed by atoms with van der Waals surface area (Å²) in [5, 5.41) is 2.68. The van der Waals surface area contributed by atoms with E-state index in [9.17, 15) is 4.79 Å². The van der Waals surface area contributed by atoms with Crippen molar-refractivity contribution in [2.24, 2.45) is 0 Å². The highest BCUT2D eigenvalue weighted by atomic mass is 16.5. The Labute approximate surface area is 89.4 Å². The molecular weight excluding hydrogens is 192 g/mol. The second-order valence-corrected chi connectivity index (χ2v) is 3.23. The van der Waals surface area contributed by atoms with Crippen LogP contribution in [0.1, 0.15) is 13.8 Å². The van der Waals surface area contributed by atoms with E-state index in [-0.39, 0.29) is 5.91 Å². The number of nitrogens with one attached hydrogen (secondary N) is 1. The van der Waals surface area contributed by atoms with Crippen molar-refractivity contribution in [2.75, 3.05) is 12.3 Å². The van der Waals surface area contributed by atoms with Gasteiger partial charge in [0.15, 0.2) is 6.10 Å². The van der Waals surface area contributed by atoms with Gasteiger partial charge in [-0.25, -0.2) is 0 Å². The van der Waals surface area contributed by atoms with Gasteiger partial charge in [-0.3, -0.25) is 4.79 Å². The Morgan fingerprint density at radius 2 is 2.33 bits per heavy atom. The molecule has 1 atom stereocenters. The number of hydrogen-bond acceptors (Lipinski definition) is 3. The summed E-state index contributed by atoms with van der Waals surface area (Å²) in [6, 6.07) is 7.01. The third kappa shape index (κ3) is 3.50. The molecule has 4 nitrogen and oxygen atoms in total. The van der Waals surface area contributed by atoms with Crippen LogP contribution in [0.4, 0.5) is 5.69 Å². The van der Waals surface area contributed by atoms with E-state index in [0.29, 0.717) is 18.0 Å². The van der Waals surface area contributed by atoms with E-state index in [0.717, 1.165) is 0 Å². The molecule has 15 heavy (non-hydrogen) atoms. The molecule has 0 saturated carbocycles. The molecule has 0 bridgehead atoms. The second kappa shape index (κ2) is 5.24. The molecule has 1 aromatic rings. The van der Waals surface area contributed by atoms with Crippen LogP contribution >= 0.6 is 0 Å². The van der Waals surface area contributed by atoms with E-state index >= 15 is 0 Å². The summed E-state index contributed by atoms with van der Waals surface area (Å²) in [4.78, 5) is 11.4. The van der Waals surface area contributed by atoms with Gasteiger partial charge in [0.05, 0.1) is 0 Å². The molecule has 0 heterocycles. The van der Waals surface area contributed by atoms with E-state index < -0.39 is 6.10 Å². The molecule has 1 rings (SSSR count). The highest BCUT2D eigenvalue weighted by Gasteiger charge is 2.12. The van der Waals surface area contributed by atoms with Gasteiger partial charge in [0.25, 0.3) is 5.91 Å². The number of nitrogen functional groups attached to an aromatic ring is 1. The van der Waals surface area contributed by atoms with Crippen LogP contribution in [0.15, 0.2) is 24.3 Å². The Balaban J connectivity index is 2.58. The maximum atomic E-state index is 11.4. The largest absolute Gasteiger partial charge is 0.481 e. The summed E-state index contributed by atoms with van der Waals surface area (Å²) >= 11 is 0. The lowest BCUT2D eigenvalue weighted by atomic mass is 10.3. The van der Waals surface area contributed by atoms with Crippen molar-refractivity contribution in [2.45, 2.75) is 20.0 Å². The Hall–Kier alpha value is -1.71. The molecule has 1 amide bonds. The topological polar surface area (TPSA) is 64.3 Å². The van der Waals surface area contributed by atoms with E-state index in [4.69, 9.17) is 10.5 Å². The quantitative estimate of drug-likeness (QED) is 0.730. The van der Waals surface area contributed by atoms with Crippen LogP contribution in [-0.4, -0.2) is 18.6 Å². The van der Waals surface area contributed by atoms with Gasteiger partial charge in [0.2, 0.25) is 0 Å². The number of amides is 1. The summed E-state index contributed by atoms with van der Waals surface area (Å²) in [7, 11) is 0. The Kier molecular flexibility index (Phi) is 3.97. The number of carbonyl (C=O) groups is 1. The van der Waals surface area contributed by atoms with Crippen LogP contribution in [0.3, 0.4) is 0 Å². The normalized spacial score (nSPS) is 11.9. The lowest BCUT2D eigenvalue weighted by molar-refractivity contribution is -0.127. The molecule has 0 fully saturated rings. The van der Waals surface area contributed by atoms with Crippen molar-refractivity contribution < 1.29 is 9.53 Å². The zero-order chi connectivity index (χ0) is 11.3. The molecule has 0 aliphatic carbocycles. The van der Waals surface area contributed by atoms with Crippen molar-refractivity contribution in [1.82, 2.24) is 5.32 Å². The van der Waals surface area contributed by atoms with Crippen LogP contribution in [0.2, 0.25) is 0 Å². The first-order valence-electron chi connectivity index (χ1n) is 4.93. The van der Waals surface area contributed by atoms with Crippen LogP contribution in [-0.2, 0) is 4.79 Å². The van der Waals surface area contributed by atoms with E-state index in [1.54, 1.807) is 31.2 Å². The molecule has 4 heteroatoms. The first-order valence-corrected chi connectivity index (χ1v) is 4.93. The number of likely N-dealkylation sites (N-methyl/N-ethyl adjacent to an activating group) is 1. The molecule has 0 spiro atoms. The van der Waals surface area contributed by atoms with Crippen LogP contribution in [0.5, 0.6) is 5.75 Å². The fraction of sp³-hybridized carbons (Fsp3) is 0.364. The predicted octanol–water partition coefficient (Wildman–Crippen LogP) is 1.17. The Morgan fingerprint density at radius 1 is 1.60 bits per heavy atom. The minimum atomic E-state index is -0.508. The van der Waals surface area contributed by atoms with E-state index in [1.165, 1.54) is 0 Å². The number of anilines is 1. The average Bonchev–Trinajstić information content (AvgIpc) is 2.18. The molecule has 0 aliphatic rings. The van der Waals surface area contributed by atoms with Crippen molar-refractivity contribution in [3.63, 3.8) is 0 Å². The van der Waals surface area contributed by atoms with Crippen LogP contribution < -0.4 is 15.8 Å². The summed E-state index contributed by atoms with van der Waals surface area (Å²) in [6.45, 7) is 4.17. The van der Waals surface area contributed by atoms with Crippen LogP contribution in [0.25, 0.3) is 0 Å². The fourth-order valence-corrected chi connectivity index (χ4v) is 1.16. The lowest BCUT2D eigenvalue weighted by Gasteiger charge is -2.14. The Morgan fingerprint density at radius 3 is 2.93 bits per heavy atom. The number of benzene rings is 1. The number of hydrogen-bond donors (Lipinski definition) is 2. The molecule has 0 radical (unpaired) electrons. The molecule has 1 aromatic carbocycles. The second-order valence-electron chi connectivity index (χ2n) is 3.23. The van der Waals surface area contributed by atoms with Gasteiger partial charge in [-0.2, -0.15) is 0 Å². The molecule has 0 saturated heterocycles. The standard InChI is InChI=1S/C11H16N2O2/c1-3-13-11(14)8(2)15-10-6-4-5-9(12)7-10/h4-8H,3,12H2,1-2H3,(H,13,14). The van der Waals surface area contributed by atoms with Crippen molar-refractivity contribution in [3.05, 3.63) is 24.3 Å². The first kappa shape index (κ1) is 11.4. The van der Waals surface area contributed by atoms with E-state index in [2.05, 4.69) is 5.32 Å². The number of nitrogens with two attached hydrogens (primary N) is 1. The number of carbonyl (C=O) groups excluding carboxylic acids is 1. The van der Waals surface area contributed by atoms with E-state index in [1.807, 2.05) is 6.92 Å². The third-order valence-corrected chi connectivity index (χ3v) is 1.89. The van der Waals surface area contributed by atoms with Gasteiger partial charge in [-0.15, -0.1) is 0 Å². The highest BCUT2D eigenvalue weighted by molar-refractivity contribution is 5.80. The third-order valence-electron chi connectivity index (χ3n) is 1.89.